The van der Waals surface area contributed by atoms with E-state index in [1.165, 1.54) is 4.90 Å². The fourth-order valence-corrected chi connectivity index (χ4v) is 4.77. The van der Waals surface area contributed by atoms with E-state index in [0.29, 0.717) is 5.56 Å². The van der Waals surface area contributed by atoms with Gasteiger partial charge in [-0.25, -0.2) is 4.98 Å². The van der Waals surface area contributed by atoms with Gasteiger partial charge < -0.3 is 4.74 Å². The Hall–Kier alpha value is -3.27. The predicted molar refractivity (Wildman–Crippen MR) is 137 cm³/mol. The molecular formula is C25H14BrClFN3O3S. The molecule has 1 aromatic heterocycles. The molecule has 174 valence electrons. The summed E-state index contributed by atoms with van der Waals surface area (Å²) >= 11 is 10.0. The molecule has 6 nitrogen and oxygen atoms in total. The number of benzene rings is 3. The van der Waals surface area contributed by atoms with Gasteiger partial charge in [0.25, 0.3) is 17.0 Å². The van der Waals surface area contributed by atoms with Crippen LogP contribution < -0.4 is 4.74 Å². The molecule has 1 fully saturated rings. The Morgan fingerprint density at radius 1 is 1.09 bits per heavy atom. The largest absolute Gasteiger partial charge is 0.436 e. The maximum absolute atomic E-state index is 14.3. The summed E-state index contributed by atoms with van der Waals surface area (Å²) in [6, 6.07) is 18.3. The second-order valence-electron chi connectivity index (χ2n) is 7.49. The molecule has 0 unspecified atom stereocenters. The van der Waals surface area contributed by atoms with Crippen molar-refractivity contribution in [1.82, 2.24) is 14.9 Å². The third kappa shape index (κ3) is 4.93. The molecule has 0 atom stereocenters. The summed E-state index contributed by atoms with van der Waals surface area (Å²) in [6.45, 7) is 0.152. The quantitative estimate of drug-likeness (QED) is 0.186. The molecular weight excluding hydrogens is 557 g/mol. The SMILES string of the molecule is O=C1S/C(=C/c2c(Oc3nc(Cl)ncc3F)ccc3ccccc23)C(=O)N1Cc1ccc(Br)cc1. The topological polar surface area (TPSA) is 72.4 Å². The van der Waals surface area contributed by atoms with E-state index in [1.807, 2.05) is 54.6 Å². The van der Waals surface area contributed by atoms with E-state index < -0.39 is 11.7 Å². The summed E-state index contributed by atoms with van der Waals surface area (Å²) in [7, 11) is 0. The summed E-state index contributed by atoms with van der Waals surface area (Å²) in [5.41, 5.74) is 1.33. The van der Waals surface area contributed by atoms with Gasteiger partial charge in [-0.15, -0.1) is 0 Å². The Kier molecular flexibility index (Phi) is 6.55. The number of carbonyl (C=O) groups excluding carboxylic acids is 2. The number of rotatable bonds is 5. The standard InChI is InChI=1S/C25H14BrClFN3O3S/c26-16-8-5-14(6-9-16)13-31-23(32)21(35-25(31)33)11-18-17-4-2-1-3-15(17)7-10-20(18)34-22-19(28)12-29-24(27)30-22/h1-12H,13H2/b21-11+. The lowest BCUT2D eigenvalue weighted by Crippen LogP contribution is -2.27. The van der Waals surface area contributed by atoms with Gasteiger partial charge in [-0.3, -0.25) is 14.5 Å². The second kappa shape index (κ2) is 9.77. The Bertz CT molecular complexity index is 1510. The van der Waals surface area contributed by atoms with Crippen LogP contribution in [0.2, 0.25) is 5.28 Å². The summed E-state index contributed by atoms with van der Waals surface area (Å²) < 4.78 is 20.9. The first-order chi connectivity index (χ1) is 16.9. The highest BCUT2D eigenvalue weighted by Crippen LogP contribution is 2.38. The van der Waals surface area contributed by atoms with E-state index in [9.17, 15) is 14.0 Å². The number of aromatic nitrogens is 2. The third-order valence-electron chi connectivity index (χ3n) is 5.22. The normalized spacial score (nSPS) is 14.8. The molecule has 2 amide bonds. The smallest absolute Gasteiger partial charge is 0.293 e. The van der Waals surface area contributed by atoms with Gasteiger partial charge in [-0.2, -0.15) is 9.37 Å². The number of amides is 2. The van der Waals surface area contributed by atoms with Crippen LogP contribution in [0.5, 0.6) is 11.6 Å². The molecule has 1 saturated heterocycles. The van der Waals surface area contributed by atoms with Gasteiger partial charge in [0.1, 0.15) is 5.75 Å². The molecule has 0 bridgehead atoms. The van der Waals surface area contributed by atoms with Crippen LogP contribution in [0.1, 0.15) is 11.1 Å². The molecule has 10 heteroatoms. The van der Waals surface area contributed by atoms with Crippen molar-refractivity contribution in [3.05, 3.63) is 98.5 Å². The van der Waals surface area contributed by atoms with Crippen LogP contribution in [0.25, 0.3) is 16.8 Å². The Morgan fingerprint density at radius 2 is 1.86 bits per heavy atom. The average molecular weight is 571 g/mol. The van der Waals surface area contributed by atoms with Crippen molar-refractivity contribution in [2.24, 2.45) is 0 Å². The van der Waals surface area contributed by atoms with Crippen molar-refractivity contribution in [2.45, 2.75) is 6.54 Å². The van der Waals surface area contributed by atoms with Crippen LogP contribution in [0.4, 0.5) is 9.18 Å². The number of hydrogen-bond donors (Lipinski definition) is 0. The lowest BCUT2D eigenvalue weighted by molar-refractivity contribution is -0.123. The molecule has 1 aliphatic heterocycles. The highest BCUT2D eigenvalue weighted by Gasteiger charge is 2.35. The van der Waals surface area contributed by atoms with Crippen molar-refractivity contribution in [2.75, 3.05) is 0 Å². The van der Waals surface area contributed by atoms with Gasteiger partial charge in [0.05, 0.1) is 17.6 Å². The fourth-order valence-electron chi connectivity index (χ4n) is 3.56. The zero-order valence-corrected chi connectivity index (χ0v) is 20.9. The maximum Gasteiger partial charge on any atom is 0.293 e. The molecule has 1 aliphatic rings. The van der Waals surface area contributed by atoms with Crippen LogP contribution in [-0.4, -0.2) is 26.0 Å². The first-order valence-electron chi connectivity index (χ1n) is 10.3. The van der Waals surface area contributed by atoms with E-state index in [4.69, 9.17) is 16.3 Å². The number of ether oxygens (including phenoxy) is 1. The second-order valence-corrected chi connectivity index (χ2v) is 9.73. The minimum absolute atomic E-state index is 0.152. The minimum Gasteiger partial charge on any atom is -0.436 e. The van der Waals surface area contributed by atoms with Gasteiger partial charge in [-0.1, -0.05) is 58.4 Å². The van der Waals surface area contributed by atoms with Crippen LogP contribution >= 0.6 is 39.3 Å². The van der Waals surface area contributed by atoms with E-state index in [1.54, 1.807) is 12.1 Å². The number of halogens is 3. The fraction of sp³-hybridized carbons (Fsp3) is 0.0400. The molecule has 3 aromatic carbocycles. The highest BCUT2D eigenvalue weighted by molar-refractivity contribution is 9.10. The molecule has 0 spiro atoms. The zero-order chi connectivity index (χ0) is 24.5. The Balaban J connectivity index is 1.54. The summed E-state index contributed by atoms with van der Waals surface area (Å²) in [4.78, 5) is 34.7. The lowest BCUT2D eigenvalue weighted by Gasteiger charge is -2.13. The first kappa shape index (κ1) is 23.5. The third-order valence-corrected chi connectivity index (χ3v) is 6.84. The van der Waals surface area contributed by atoms with Crippen LogP contribution in [0, 0.1) is 5.82 Å². The number of fused-ring (bicyclic) bond motifs is 1. The molecule has 0 N–H and O–H groups in total. The predicted octanol–water partition coefficient (Wildman–Crippen LogP) is 7.21. The molecule has 35 heavy (non-hydrogen) atoms. The number of thioether (sulfide) groups is 1. The van der Waals surface area contributed by atoms with Gasteiger partial charge in [-0.05, 0) is 64.0 Å². The summed E-state index contributed by atoms with van der Waals surface area (Å²) in [6.07, 6.45) is 2.50. The van der Waals surface area contributed by atoms with Gasteiger partial charge in [0.15, 0.2) is 0 Å². The van der Waals surface area contributed by atoms with Crippen molar-refractivity contribution in [3.63, 3.8) is 0 Å². The van der Waals surface area contributed by atoms with E-state index in [0.717, 1.165) is 38.8 Å². The Labute approximate surface area is 216 Å². The lowest BCUT2D eigenvalue weighted by atomic mass is 10.0. The van der Waals surface area contributed by atoms with Crippen molar-refractivity contribution in [3.8, 4) is 11.6 Å². The summed E-state index contributed by atoms with van der Waals surface area (Å²) in [5, 5.41) is 1.09. The molecule has 5 rings (SSSR count). The van der Waals surface area contributed by atoms with Crippen LogP contribution in [0.3, 0.4) is 0 Å². The van der Waals surface area contributed by atoms with E-state index >= 15 is 0 Å². The summed E-state index contributed by atoms with van der Waals surface area (Å²) in [5.74, 6) is -1.31. The highest BCUT2D eigenvalue weighted by atomic mass is 79.9. The average Bonchev–Trinajstić information content (AvgIpc) is 3.11. The first-order valence-corrected chi connectivity index (χ1v) is 12.3. The van der Waals surface area contributed by atoms with Crippen molar-refractivity contribution < 1.29 is 18.7 Å². The monoisotopic (exact) mass is 569 g/mol. The zero-order valence-electron chi connectivity index (χ0n) is 17.7. The van der Waals surface area contributed by atoms with Gasteiger partial charge in [0, 0.05) is 10.0 Å². The van der Waals surface area contributed by atoms with Crippen molar-refractivity contribution in [1.29, 1.82) is 0 Å². The number of imide groups is 1. The van der Waals surface area contributed by atoms with Crippen molar-refractivity contribution >= 4 is 67.3 Å². The number of hydrogen-bond acceptors (Lipinski definition) is 6. The molecule has 4 aromatic rings. The molecule has 0 aliphatic carbocycles. The molecule has 0 saturated carbocycles. The van der Waals surface area contributed by atoms with Crippen LogP contribution in [-0.2, 0) is 11.3 Å². The van der Waals surface area contributed by atoms with Gasteiger partial charge in [0.2, 0.25) is 11.1 Å². The maximum atomic E-state index is 14.3. The van der Waals surface area contributed by atoms with Gasteiger partial charge >= 0.3 is 0 Å². The van der Waals surface area contributed by atoms with Crippen LogP contribution in [0.15, 0.2) is 76.2 Å². The van der Waals surface area contributed by atoms with E-state index in [2.05, 4.69) is 25.9 Å². The number of nitrogens with zero attached hydrogens (tertiary/aromatic N) is 3. The molecule has 0 radical (unpaired) electrons. The Morgan fingerprint density at radius 3 is 2.66 bits per heavy atom. The number of carbonyl (C=O) groups is 2. The van der Waals surface area contributed by atoms with E-state index in [-0.39, 0.29) is 33.6 Å². The minimum atomic E-state index is -0.789. The molecule has 2 heterocycles.